The van der Waals surface area contributed by atoms with E-state index in [2.05, 4.69) is 34.6 Å². The maximum atomic E-state index is 10.6. The van der Waals surface area contributed by atoms with E-state index in [-0.39, 0.29) is 5.92 Å². The summed E-state index contributed by atoms with van der Waals surface area (Å²) in [7, 11) is 0. The minimum Gasteiger partial charge on any atom is -0.303 e. The van der Waals surface area contributed by atoms with Gasteiger partial charge in [-0.15, -0.1) is 0 Å². The minimum atomic E-state index is 0.263. The van der Waals surface area contributed by atoms with Crippen molar-refractivity contribution in [3.05, 3.63) is 0 Å². The Morgan fingerprint density at radius 2 is 1.83 bits per heavy atom. The Hall–Kier alpha value is -0.330. The molecule has 0 bridgehead atoms. The highest BCUT2D eigenvalue weighted by Gasteiger charge is 2.22. The Morgan fingerprint density at radius 1 is 1.33 bits per heavy atom. The van der Waals surface area contributed by atoms with Gasteiger partial charge in [-0.2, -0.15) is 0 Å². The van der Waals surface area contributed by atoms with Gasteiger partial charge in [-0.25, -0.2) is 0 Å². The molecule has 12 heavy (non-hydrogen) atoms. The molecule has 0 saturated heterocycles. The average Bonchev–Trinajstić information content (AvgIpc) is 1.97. The van der Waals surface area contributed by atoms with Crippen LogP contribution in [0.3, 0.4) is 0 Å². The van der Waals surface area contributed by atoms with Gasteiger partial charge in [0.15, 0.2) is 0 Å². The summed E-state index contributed by atoms with van der Waals surface area (Å²) >= 11 is 0. The second kappa shape index (κ2) is 4.64. The Balaban J connectivity index is 3.98. The smallest absolute Gasteiger partial charge is 0.123 e. The molecule has 0 aliphatic carbocycles. The third-order valence-corrected chi connectivity index (χ3v) is 2.85. The fraction of sp³-hybridized carbons (Fsp3) is 0.909. The fourth-order valence-electron chi connectivity index (χ4n) is 1.13. The van der Waals surface area contributed by atoms with Gasteiger partial charge in [-0.3, -0.25) is 0 Å². The summed E-state index contributed by atoms with van der Waals surface area (Å²) in [5.41, 5.74) is 0.330. The van der Waals surface area contributed by atoms with Crippen LogP contribution in [0.4, 0.5) is 0 Å². The molecule has 0 aliphatic rings. The molecule has 0 fully saturated rings. The topological polar surface area (TPSA) is 17.1 Å². The monoisotopic (exact) mass is 170 g/mol. The molecule has 2 atom stereocenters. The Morgan fingerprint density at radius 3 is 2.08 bits per heavy atom. The summed E-state index contributed by atoms with van der Waals surface area (Å²) in [5.74, 6) is 0.881. The summed E-state index contributed by atoms with van der Waals surface area (Å²) in [4.78, 5) is 10.6. The summed E-state index contributed by atoms with van der Waals surface area (Å²) in [5, 5.41) is 0. The second-order valence-electron chi connectivity index (χ2n) is 4.81. The van der Waals surface area contributed by atoms with Crippen LogP contribution in [0.15, 0.2) is 0 Å². The van der Waals surface area contributed by atoms with Crippen LogP contribution < -0.4 is 0 Å². The summed E-state index contributed by atoms with van der Waals surface area (Å²) < 4.78 is 0. The second-order valence-corrected chi connectivity index (χ2v) is 4.81. The number of hydrogen-bond acceptors (Lipinski definition) is 1. The van der Waals surface area contributed by atoms with Crippen LogP contribution in [-0.2, 0) is 4.79 Å². The molecule has 0 saturated carbocycles. The molecule has 0 aromatic rings. The van der Waals surface area contributed by atoms with Crippen molar-refractivity contribution in [2.24, 2.45) is 17.3 Å². The number of aldehydes is 1. The van der Waals surface area contributed by atoms with E-state index in [1.54, 1.807) is 0 Å². The van der Waals surface area contributed by atoms with Gasteiger partial charge in [-0.05, 0) is 24.2 Å². The average molecular weight is 170 g/mol. The predicted molar refractivity (Wildman–Crippen MR) is 53.1 cm³/mol. The fourth-order valence-corrected chi connectivity index (χ4v) is 1.13. The van der Waals surface area contributed by atoms with Gasteiger partial charge in [0, 0.05) is 5.92 Å². The lowest BCUT2D eigenvalue weighted by Gasteiger charge is -2.28. The van der Waals surface area contributed by atoms with Crippen molar-refractivity contribution in [1.82, 2.24) is 0 Å². The van der Waals surface area contributed by atoms with E-state index in [1.165, 1.54) is 0 Å². The van der Waals surface area contributed by atoms with Crippen molar-refractivity contribution in [3.8, 4) is 0 Å². The largest absolute Gasteiger partial charge is 0.303 e. The van der Waals surface area contributed by atoms with E-state index in [0.717, 1.165) is 19.1 Å². The zero-order valence-corrected chi connectivity index (χ0v) is 9.05. The first-order valence-corrected chi connectivity index (χ1v) is 4.87. The van der Waals surface area contributed by atoms with Gasteiger partial charge in [0.2, 0.25) is 0 Å². The van der Waals surface area contributed by atoms with Crippen molar-refractivity contribution in [1.29, 1.82) is 0 Å². The Bertz CT molecular complexity index is 132. The highest BCUT2D eigenvalue weighted by molar-refractivity contribution is 5.53. The van der Waals surface area contributed by atoms with Crippen LogP contribution in [0.5, 0.6) is 0 Å². The lowest BCUT2D eigenvalue weighted by molar-refractivity contribution is -0.111. The Labute approximate surface area is 76.6 Å². The number of hydrogen-bond donors (Lipinski definition) is 0. The summed E-state index contributed by atoms with van der Waals surface area (Å²) in [6.07, 6.45) is 3.11. The molecule has 0 aromatic carbocycles. The normalized spacial score (nSPS) is 17.1. The quantitative estimate of drug-likeness (QED) is 0.592. The lowest BCUT2D eigenvalue weighted by atomic mass is 9.77. The maximum Gasteiger partial charge on any atom is 0.123 e. The molecule has 2 unspecified atom stereocenters. The molecule has 1 heteroatoms. The van der Waals surface area contributed by atoms with Crippen molar-refractivity contribution >= 4 is 6.29 Å². The molecule has 0 spiro atoms. The van der Waals surface area contributed by atoms with Gasteiger partial charge in [0.05, 0.1) is 0 Å². The molecular formula is C11H22O. The summed E-state index contributed by atoms with van der Waals surface area (Å²) in [6, 6.07) is 0. The van der Waals surface area contributed by atoms with Crippen LogP contribution >= 0.6 is 0 Å². The third-order valence-electron chi connectivity index (χ3n) is 2.85. The molecule has 1 nitrogen and oxygen atoms in total. The standard InChI is InChI=1S/C11H22O/c1-6-10(8-12)7-9(2)11(3,4)5/h8-10H,6-7H2,1-5H3. The first-order valence-electron chi connectivity index (χ1n) is 4.87. The van der Waals surface area contributed by atoms with E-state index in [1.807, 2.05) is 0 Å². The van der Waals surface area contributed by atoms with Crippen molar-refractivity contribution in [2.45, 2.75) is 47.5 Å². The van der Waals surface area contributed by atoms with Crippen molar-refractivity contribution in [3.63, 3.8) is 0 Å². The molecule has 0 aliphatic heterocycles. The van der Waals surface area contributed by atoms with Gasteiger partial charge in [0.25, 0.3) is 0 Å². The van der Waals surface area contributed by atoms with Crippen LogP contribution in [0.25, 0.3) is 0 Å². The van der Waals surface area contributed by atoms with Gasteiger partial charge < -0.3 is 4.79 Å². The van der Waals surface area contributed by atoms with E-state index in [9.17, 15) is 4.79 Å². The lowest BCUT2D eigenvalue weighted by Crippen LogP contribution is -2.20. The predicted octanol–water partition coefficient (Wildman–Crippen LogP) is 3.28. The van der Waals surface area contributed by atoms with Crippen molar-refractivity contribution < 1.29 is 4.79 Å². The van der Waals surface area contributed by atoms with Crippen molar-refractivity contribution in [2.75, 3.05) is 0 Å². The minimum absolute atomic E-state index is 0.263. The Kier molecular flexibility index (Phi) is 4.51. The van der Waals surface area contributed by atoms with E-state index in [4.69, 9.17) is 0 Å². The molecule has 0 aromatic heterocycles. The first-order chi connectivity index (χ1) is 5.41. The highest BCUT2D eigenvalue weighted by Crippen LogP contribution is 2.30. The molecule has 0 radical (unpaired) electrons. The molecule has 0 heterocycles. The molecule has 0 N–H and O–H groups in total. The van der Waals surface area contributed by atoms with Crippen LogP contribution in [0.1, 0.15) is 47.5 Å². The zero-order chi connectivity index (χ0) is 9.78. The number of carbonyl (C=O) groups is 1. The third kappa shape index (κ3) is 3.89. The highest BCUT2D eigenvalue weighted by atomic mass is 16.1. The maximum absolute atomic E-state index is 10.6. The van der Waals surface area contributed by atoms with Crippen LogP contribution in [0, 0.1) is 17.3 Å². The number of carbonyl (C=O) groups excluding carboxylic acids is 1. The molecule has 72 valence electrons. The van der Waals surface area contributed by atoms with E-state index in [0.29, 0.717) is 11.3 Å². The number of rotatable bonds is 4. The van der Waals surface area contributed by atoms with Crippen LogP contribution in [0.2, 0.25) is 0 Å². The van der Waals surface area contributed by atoms with E-state index >= 15 is 0 Å². The van der Waals surface area contributed by atoms with Crippen LogP contribution in [-0.4, -0.2) is 6.29 Å². The molecule has 0 amide bonds. The van der Waals surface area contributed by atoms with Gasteiger partial charge in [0.1, 0.15) is 6.29 Å². The first kappa shape index (κ1) is 11.7. The van der Waals surface area contributed by atoms with Gasteiger partial charge >= 0.3 is 0 Å². The molecule has 0 rings (SSSR count). The SMILES string of the molecule is CCC(C=O)CC(C)C(C)(C)C. The van der Waals surface area contributed by atoms with E-state index < -0.39 is 0 Å². The summed E-state index contributed by atoms with van der Waals surface area (Å²) in [6.45, 7) is 11.0. The zero-order valence-electron chi connectivity index (χ0n) is 9.05. The van der Waals surface area contributed by atoms with Gasteiger partial charge in [-0.1, -0.05) is 34.6 Å². The molecular weight excluding hydrogens is 148 g/mol.